The van der Waals surface area contributed by atoms with Crippen LogP contribution in [0.2, 0.25) is 0 Å². The number of methoxy groups -OCH3 is 1. The Morgan fingerprint density at radius 1 is 1.33 bits per heavy atom. The zero-order valence-electron chi connectivity index (χ0n) is 13.1. The average Bonchev–Trinajstić information content (AvgIpc) is 2.46. The molecule has 1 fully saturated rings. The van der Waals surface area contributed by atoms with E-state index in [4.69, 9.17) is 4.74 Å². The molecule has 1 aliphatic rings. The van der Waals surface area contributed by atoms with E-state index in [1.54, 1.807) is 14.0 Å². The van der Waals surface area contributed by atoms with Gasteiger partial charge in [-0.15, -0.1) is 0 Å². The van der Waals surface area contributed by atoms with Crippen LogP contribution in [-0.4, -0.2) is 30.1 Å². The summed E-state index contributed by atoms with van der Waals surface area (Å²) in [4.78, 5) is 15.7. The summed E-state index contributed by atoms with van der Waals surface area (Å²) in [6, 6.07) is 4.57. The minimum Gasteiger partial charge on any atom is -0.481 e. The van der Waals surface area contributed by atoms with Crippen molar-refractivity contribution in [3.8, 4) is 5.88 Å². The highest BCUT2D eigenvalue weighted by Crippen LogP contribution is 2.21. The molecule has 2 N–H and O–H groups in total. The van der Waals surface area contributed by atoms with Gasteiger partial charge in [-0.25, -0.2) is 4.98 Å². The Kier molecular flexibility index (Phi) is 5.56. The van der Waals surface area contributed by atoms with E-state index in [0.717, 1.165) is 24.1 Å². The molecule has 116 valence electrons. The Hall–Kier alpha value is -1.62. The first-order valence-corrected chi connectivity index (χ1v) is 7.61. The first kappa shape index (κ1) is 15.8. The molecule has 5 heteroatoms. The number of nitrogens with one attached hydrogen (secondary N) is 2. The Balaban J connectivity index is 1.98. The first-order valence-electron chi connectivity index (χ1n) is 7.61. The molecule has 1 aromatic rings. The van der Waals surface area contributed by atoms with Gasteiger partial charge in [-0.1, -0.05) is 18.9 Å². The monoisotopic (exact) mass is 291 g/mol. The van der Waals surface area contributed by atoms with Crippen LogP contribution in [0.3, 0.4) is 0 Å². The molecule has 0 saturated heterocycles. The Bertz CT molecular complexity index is 490. The molecular weight excluding hydrogens is 266 g/mol. The fourth-order valence-corrected chi connectivity index (χ4v) is 2.92. The van der Waals surface area contributed by atoms with Gasteiger partial charge in [-0.2, -0.15) is 0 Å². The van der Waals surface area contributed by atoms with Gasteiger partial charge in [-0.05, 0) is 25.8 Å². The summed E-state index contributed by atoms with van der Waals surface area (Å²) in [6.07, 6.45) is 4.52. The van der Waals surface area contributed by atoms with Crippen molar-refractivity contribution in [1.29, 1.82) is 0 Å². The number of pyridine rings is 1. The maximum Gasteiger partial charge on any atom is 0.217 e. The van der Waals surface area contributed by atoms with Gasteiger partial charge in [0.15, 0.2) is 0 Å². The maximum absolute atomic E-state index is 11.3. The molecule has 0 bridgehead atoms. The fraction of sp³-hybridized carbons (Fsp3) is 0.625. The van der Waals surface area contributed by atoms with Gasteiger partial charge in [0.05, 0.1) is 7.11 Å². The topological polar surface area (TPSA) is 63.2 Å². The molecule has 1 saturated carbocycles. The van der Waals surface area contributed by atoms with Crippen molar-refractivity contribution in [2.45, 2.75) is 58.2 Å². The number of rotatable bonds is 5. The summed E-state index contributed by atoms with van der Waals surface area (Å²) in [6.45, 7) is 4.24. The van der Waals surface area contributed by atoms with Crippen molar-refractivity contribution in [3.63, 3.8) is 0 Å². The number of ether oxygens (including phenoxy) is 1. The molecule has 21 heavy (non-hydrogen) atoms. The van der Waals surface area contributed by atoms with E-state index in [1.807, 2.05) is 19.1 Å². The number of carbonyl (C=O) groups excluding carboxylic acids is 1. The van der Waals surface area contributed by atoms with E-state index >= 15 is 0 Å². The van der Waals surface area contributed by atoms with Gasteiger partial charge in [0, 0.05) is 36.8 Å². The number of nitrogens with zero attached hydrogens (tertiary/aromatic N) is 1. The molecular formula is C16H25N3O2. The first-order chi connectivity index (χ1) is 10.1. The third kappa shape index (κ3) is 4.43. The highest BCUT2D eigenvalue weighted by molar-refractivity contribution is 5.73. The lowest BCUT2D eigenvalue weighted by atomic mass is 9.90. The smallest absolute Gasteiger partial charge is 0.217 e. The molecule has 1 aliphatic carbocycles. The van der Waals surface area contributed by atoms with E-state index in [1.165, 1.54) is 12.8 Å². The van der Waals surface area contributed by atoms with Crippen LogP contribution in [0.25, 0.3) is 0 Å². The van der Waals surface area contributed by atoms with Crippen LogP contribution in [0.1, 0.15) is 43.9 Å². The largest absolute Gasteiger partial charge is 0.481 e. The molecule has 1 aromatic heterocycles. The Morgan fingerprint density at radius 3 is 2.71 bits per heavy atom. The Morgan fingerprint density at radius 2 is 2.05 bits per heavy atom. The predicted octanol–water partition coefficient (Wildman–Crippen LogP) is 1.94. The van der Waals surface area contributed by atoms with Crippen LogP contribution in [0, 0.1) is 6.92 Å². The summed E-state index contributed by atoms with van der Waals surface area (Å²) in [5.74, 6) is 0.720. The summed E-state index contributed by atoms with van der Waals surface area (Å²) in [7, 11) is 1.64. The summed E-state index contributed by atoms with van der Waals surface area (Å²) >= 11 is 0. The van der Waals surface area contributed by atoms with E-state index in [-0.39, 0.29) is 11.9 Å². The second-order valence-corrected chi connectivity index (χ2v) is 5.70. The molecule has 1 amide bonds. The molecule has 2 unspecified atom stereocenters. The number of hydrogen-bond donors (Lipinski definition) is 2. The lowest BCUT2D eigenvalue weighted by Crippen LogP contribution is -2.50. The number of aromatic nitrogens is 1. The second-order valence-electron chi connectivity index (χ2n) is 5.70. The van der Waals surface area contributed by atoms with Crippen LogP contribution in [0.5, 0.6) is 5.88 Å². The zero-order chi connectivity index (χ0) is 15.2. The van der Waals surface area contributed by atoms with E-state index < -0.39 is 0 Å². The lowest BCUT2D eigenvalue weighted by molar-refractivity contribution is -0.120. The molecule has 0 spiro atoms. The van der Waals surface area contributed by atoms with Gasteiger partial charge >= 0.3 is 0 Å². The van der Waals surface area contributed by atoms with Crippen molar-refractivity contribution in [2.75, 3.05) is 7.11 Å². The zero-order valence-corrected chi connectivity index (χ0v) is 13.1. The van der Waals surface area contributed by atoms with Crippen LogP contribution in [-0.2, 0) is 11.3 Å². The van der Waals surface area contributed by atoms with E-state index in [0.29, 0.717) is 18.5 Å². The van der Waals surface area contributed by atoms with Gasteiger partial charge in [0.2, 0.25) is 11.8 Å². The Labute approximate surface area is 126 Å². The van der Waals surface area contributed by atoms with Crippen LogP contribution in [0.4, 0.5) is 0 Å². The predicted molar refractivity (Wildman–Crippen MR) is 82.2 cm³/mol. The van der Waals surface area contributed by atoms with Crippen molar-refractivity contribution in [3.05, 3.63) is 23.4 Å². The summed E-state index contributed by atoms with van der Waals surface area (Å²) < 4.78 is 5.34. The molecule has 1 heterocycles. The third-order valence-electron chi connectivity index (χ3n) is 3.98. The van der Waals surface area contributed by atoms with Crippen LogP contribution >= 0.6 is 0 Å². The summed E-state index contributed by atoms with van der Waals surface area (Å²) in [5, 5.41) is 6.61. The van der Waals surface area contributed by atoms with Crippen LogP contribution < -0.4 is 15.4 Å². The van der Waals surface area contributed by atoms with E-state index in [9.17, 15) is 4.79 Å². The highest BCUT2D eigenvalue weighted by atomic mass is 16.5. The molecule has 2 rings (SSSR count). The number of aryl methyl sites for hydroxylation is 1. The standard InChI is InChI=1S/C16H25N3O2/c1-11-8-9-13(16(18-11)21-3)10-17-14-6-4-5-7-15(14)19-12(2)20/h8-9,14-15,17H,4-7,10H2,1-3H3,(H,19,20). The van der Waals surface area contributed by atoms with Gasteiger partial charge in [0.1, 0.15) is 0 Å². The number of amides is 1. The number of carbonyl (C=O) groups is 1. The maximum atomic E-state index is 11.3. The average molecular weight is 291 g/mol. The van der Waals surface area contributed by atoms with E-state index in [2.05, 4.69) is 15.6 Å². The molecule has 2 atom stereocenters. The molecule has 0 aromatic carbocycles. The van der Waals surface area contributed by atoms with Crippen molar-refractivity contribution in [2.24, 2.45) is 0 Å². The SMILES string of the molecule is COc1nc(C)ccc1CNC1CCCCC1NC(C)=O. The molecule has 0 radical (unpaired) electrons. The molecule has 5 nitrogen and oxygen atoms in total. The minimum atomic E-state index is 0.0447. The van der Waals surface area contributed by atoms with Crippen molar-refractivity contribution in [1.82, 2.24) is 15.6 Å². The van der Waals surface area contributed by atoms with Gasteiger partial charge < -0.3 is 15.4 Å². The van der Waals surface area contributed by atoms with Crippen LogP contribution in [0.15, 0.2) is 12.1 Å². The quantitative estimate of drug-likeness (QED) is 0.870. The fourth-order valence-electron chi connectivity index (χ4n) is 2.92. The van der Waals surface area contributed by atoms with Gasteiger partial charge in [-0.3, -0.25) is 4.79 Å². The minimum absolute atomic E-state index is 0.0447. The number of hydrogen-bond acceptors (Lipinski definition) is 4. The van der Waals surface area contributed by atoms with Crippen molar-refractivity contribution >= 4 is 5.91 Å². The highest BCUT2D eigenvalue weighted by Gasteiger charge is 2.25. The van der Waals surface area contributed by atoms with Crippen molar-refractivity contribution < 1.29 is 9.53 Å². The normalized spacial score (nSPS) is 21.9. The molecule has 0 aliphatic heterocycles. The second kappa shape index (κ2) is 7.41. The summed E-state index contributed by atoms with van der Waals surface area (Å²) in [5.41, 5.74) is 2.00. The lowest BCUT2D eigenvalue weighted by Gasteiger charge is -2.32. The van der Waals surface area contributed by atoms with Gasteiger partial charge in [0.25, 0.3) is 0 Å². The third-order valence-corrected chi connectivity index (χ3v) is 3.98.